The molecular weight excluding hydrogens is 208 g/mol. The quantitative estimate of drug-likeness (QED) is 0.665. The molecule has 17 heavy (non-hydrogen) atoms. The largest absolute Gasteiger partial charge is 0.374 e. The van der Waals surface area contributed by atoms with Crippen LogP contribution in [-0.4, -0.2) is 7.11 Å². The predicted molar refractivity (Wildman–Crippen MR) is 74.3 cm³/mol. The Bertz CT molecular complexity index is 324. The molecule has 0 radical (unpaired) electrons. The van der Waals surface area contributed by atoms with Gasteiger partial charge in [0.1, 0.15) is 0 Å². The summed E-state index contributed by atoms with van der Waals surface area (Å²) < 4.78 is 5.90. The van der Waals surface area contributed by atoms with Crippen LogP contribution in [0.25, 0.3) is 0 Å². The van der Waals surface area contributed by atoms with Crippen molar-refractivity contribution in [1.82, 2.24) is 0 Å². The molecule has 0 aromatic heterocycles. The summed E-state index contributed by atoms with van der Waals surface area (Å²) in [6.45, 7) is 6.66. The molecule has 0 heterocycles. The Morgan fingerprint density at radius 2 is 1.71 bits per heavy atom. The van der Waals surface area contributed by atoms with E-state index in [1.165, 1.54) is 11.1 Å². The number of hydrogen-bond donors (Lipinski definition) is 0. The summed E-state index contributed by atoms with van der Waals surface area (Å²) in [7, 11) is 1.85. The maximum atomic E-state index is 5.90. The first-order chi connectivity index (χ1) is 8.22. The number of benzene rings is 1. The molecule has 0 fully saturated rings. The van der Waals surface area contributed by atoms with Crippen LogP contribution in [0.15, 0.2) is 24.3 Å². The van der Waals surface area contributed by atoms with Crippen LogP contribution in [0.3, 0.4) is 0 Å². The molecule has 0 saturated carbocycles. The summed E-state index contributed by atoms with van der Waals surface area (Å²) in [5, 5.41) is 0. The zero-order valence-electron chi connectivity index (χ0n) is 11.8. The molecule has 96 valence electrons. The van der Waals surface area contributed by atoms with Crippen LogP contribution in [0.5, 0.6) is 0 Å². The molecule has 1 rings (SSSR count). The van der Waals surface area contributed by atoms with Gasteiger partial charge >= 0.3 is 0 Å². The number of ether oxygens (including phenoxy) is 1. The molecule has 1 heteroatoms. The van der Waals surface area contributed by atoms with E-state index < -0.39 is 0 Å². The first-order valence-electron chi connectivity index (χ1n) is 6.87. The third kappa shape index (κ3) is 3.32. The second-order valence-electron chi connectivity index (χ2n) is 4.75. The monoisotopic (exact) mass is 234 g/mol. The van der Waals surface area contributed by atoms with Crippen molar-refractivity contribution in [1.29, 1.82) is 0 Å². The van der Waals surface area contributed by atoms with Gasteiger partial charge < -0.3 is 4.74 Å². The van der Waals surface area contributed by atoms with Gasteiger partial charge in [0.25, 0.3) is 0 Å². The normalized spacial score (nSPS) is 11.8. The van der Waals surface area contributed by atoms with Gasteiger partial charge in [0.05, 0.1) is 5.60 Å². The van der Waals surface area contributed by atoms with Crippen molar-refractivity contribution in [2.45, 2.75) is 58.5 Å². The summed E-state index contributed by atoms with van der Waals surface area (Å²) in [6.07, 6.45) is 5.61. The van der Waals surface area contributed by atoms with E-state index in [9.17, 15) is 0 Å². The van der Waals surface area contributed by atoms with Crippen molar-refractivity contribution in [3.05, 3.63) is 35.4 Å². The summed E-state index contributed by atoms with van der Waals surface area (Å²) in [4.78, 5) is 0. The second-order valence-corrected chi connectivity index (χ2v) is 4.75. The van der Waals surface area contributed by atoms with E-state index in [-0.39, 0.29) is 5.60 Å². The average molecular weight is 234 g/mol. The van der Waals surface area contributed by atoms with E-state index in [1.807, 2.05) is 7.11 Å². The van der Waals surface area contributed by atoms with E-state index in [0.717, 1.165) is 32.1 Å². The van der Waals surface area contributed by atoms with Gasteiger partial charge in [-0.15, -0.1) is 0 Å². The van der Waals surface area contributed by atoms with Gasteiger partial charge in [0, 0.05) is 7.11 Å². The van der Waals surface area contributed by atoms with Crippen LogP contribution in [0.4, 0.5) is 0 Å². The summed E-state index contributed by atoms with van der Waals surface area (Å²) in [6, 6.07) is 8.89. The van der Waals surface area contributed by atoms with E-state index in [2.05, 4.69) is 45.0 Å². The molecule has 0 atom stereocenters. The Morgan fingerprint density at radius 3 is 2.18 bits per heavy atom. The van der Waals surface area contributed by atoms with Crippen molar-refractivity contribution in [2.75, 3.05) is 7.11 Å². The Hall–Kier alpha value is -0.820. The molecule has 0 unspecified atom stereocenters. The van der Waals surface area contributed by atoms with Crippen molar-refractivity contribution in [3.63, 3.8) is 0 Å². The minimum absolute atomic E-state index is 0.0747. The lowest BCUT2D eigenvalue weighted by molar-refractivity contribution is -0.0308. The van der Waals surface area contributed by atoms with Gasteiger partial charge in [-0.05, 0) is 30.4 Å². The van der Waals surface area contributed by atoms with Crippen molar-refractivity contribution in [2.24, 2.45) is 0 Å². The smallest absolute Gasteiger partial charge is 0.0927 e. The summed E-state index contributed by atoms with van der Waals surface area (Å²) in [5.74, 6) is 0. The first-order valence-corrected chi connectivity index (χ1v) is 6.87. The zero-order chi connectivity index (χ0) is 12.7. The molecule has 1 aromatic rings. The van der Waals surface area contributed by atoms with Gasteiger partial charge in [-0.25, -0.2) is 0 Å². The molecule has 1 aromatic carbocycles. The van der Waals surface area contributed by atoms with E-state index in [1.54, 1.807) is 0 Å². The lowest BCUT2D eigenvalue weighted by atomic mass is 9.84. The topological polar surface area (TPSA) is 9.23 Å². The van der Waals surface area contributed by atoms with Crippen LogP contribution in [0, 0.1) is 0 Å². The zero-order valence-corrected chi connectivity index (χ0v) is 11.8. The van der Waals surface area contributed by atoms with E-state index in [4.69, 9.17) is 4.74 Å². The summed E-state index contributed by atoms with van der Waals surface area (Å²) >= 11 is 0. The predicted octanol–water partition coefficient (Wildman–Crippen LogP) is 4.69. The standard InChI is InChI=1S/C16H26O/c1-5-11-16(17-4,12-6-2)15-10-8-9-14(7-3)13-15/h8-10,13H,5-7,11-12H2,1-4H3. The van der Waals surface area contributed by atoms with Gasteiger partial charge in [0.15, 0.2) is 0 Å². The fourth-order valence-corrected chi connectivity index (χ4v) is 2.62. The molecule has 0 spiro atoms. The Labute approximate surface area is 106 Å². The molecular formula is C16H26O. The molecule has 0 N–H and O–H groups in total. The highest BCUT2D eigenvalue weighted by molar-refractivity contribution is 5.28. The van der Waals surface area contributed by atoms with Crippen molar-refractivity contribution >= 4 is 0 Å². The van der Waals surface area contributed by atoms with Gasteiger partial charge in [-0.2, -0.15) is 0 Å². The van der Waals surface area contributed by atoms with Crippen LogP contribution < -0.4 is 0 Å². The van der Waals surface area contributed by atoms with Crippen LogP contribution >= 0.6 is 0 Å². The lowest BCUT2D eigenvalue weighted by Crippen LogP contribution is -2.28. The van der Waals surface area contributed by atoms with Crippen LogP contribution in [-0.2, 0) is 16.8 Å². The number of hydrogen-bond acceptors (Lipinski definition) is 1. The third-order valence-electron chi connectivity index (χ3n) is 3.56. The van der Waals surface area contributed by atoms with Gasteiger partial charge in [-0.3, -0.25) is 0 Å². The fraction of sp³-hybridized carbons (Fsp3) is 0.625. The number of methoxy groups -OCH3 is 1. The molecule has 0 saturated heterocycles. The Kier molecular flexibility index (Phi) is 5.70. The molecule has 0 aliphatic heterocycles. The molecule has 0 aliphatic rings. The minimum atomic E-state index is -0.0747. The number of aryl methyl sites for hydroxylation is 1. The fourth-order valence-electron chi connectivity index (χ4n) is 2.62. The van der Waals surface area contributed by atoms with E-state index in [0.29, 0.717) is 0 Å². The highest BCUT2D eigenvalue weighted by atomic mass is 16.5. The third-order valence-corrected chi connectivity index (χ3v) is 3.56. The van der Waals surface area contributed by atoms with Gasteiger partial charge in [0.2, 0.25) is 0 Å². The van der Waals surface area contributed by atoms with Gasteiger partial charge in [-0.1, -0.05) is 57.9 Å². The van der Waals surface area contributed by atoms with Crippen molar-refractivity contribution < 1.29 is 4.74 Å². The SMILES string of the molecule is CCCC(CCC)(OC)c1cccc(CC)c1. The second kappa shape index (κ2) is 6.80. The lowest BCUT2D eigenvalue weighted by Gasteiger charge is -2.33. The maximum absolute atomic E-state index is 5.90. The molecule has 1 nitrogen and oxygen atoms in total. The summed E-state index contributed by atoms with van der Waals surface area (Å²) in [5.41, 5.74) is 2.67. The van der Waals surface area contributed by atoms with Crippen LogP contribution in [0.1, 0.15) is 57.6 Å². The molecule has 0 bridgehead atoms. The van der Waals surface area contributed by atoms with E-state index >= 15 is 0 Å². The Balaban J connectivity index is 3.09. The molecule has 0 amide bonds. The minimum Gasteiger partial charge on any atom is -0.374 e. The first kappa shape index (κ1) is 14.2. The maximum Gasteiger partial charge on any atom is 0.0927 e. The highest BCUT2D eigenvalue weighted by Crippen LogP contribution is 2.35. The number of rotatable bonds is 7. The average Bonchev–Trinajstić information content (AvgIpc) is 2.38. The van der Waals surface area contributed by atoms with Crippen molar-refractivity contribution in [3.8, 4) is 0 Å². The molecule has 0 aliphatic carbocycles. The van der Waals surface area contributed by atoms with Crippen LogP contribution in [0.2, 0.25) is 0 Å². The Morgan fingerprint density at radius 1 is 1.06 bits per heavy atom. The highest BCUT2D eigenvalue weighted by Gasteiger charge is 2.30.